The summed E-state index contributed by atoms with van der Waals surface area (Å²) in [7, 11) is 0. The molecule has 0 aliphatic carbocycles. The largest absolute Gasteiger partial charge is 0.370 e. The molecule has 0 radical (unpaired) electrons. The molecule has 0 saturated carbocycles. The lowest BCUT2D eigenvalue weighted by atomic mass is 10.1. The van der Waals surface area contributed by atoms with E-state index in [0.717, 1.165) is 11.3 Å². The molecule has 2 rings (SSSR count). The van der Waals surface area contributed by atoms with Crippen LogP contribution in [0.5, 0.6) is 0 Å². The van der Waals surface area contributed by atoms with Crippen LogP contribution in [0.4, 0.5) is 0 Å². The standard InChI is InChI=1S/C10H10ClNO/c1-7-8(5-6-13-7)9-3-2-4-10(11)12-9/h2-5,7H,6H2,1H3. The first-order chi connectivity index (χ1) is 6.27. The molecule has 1 aromatic rings. The summed E-state index contributed by atoms with van der Waals surface area (Å²) >= 11 is 5.79. The molecule has 3 heteroatoms. The SMILES string of the molecule is CC1OCC=C1c1cccc(Cl)n1. The van der Waals surface area contributed by atoms with Gasteiger partial charge in [0.05, 0.1) is 18.4 Å². The van der Waals surface area contributed by atoms with Gasteiger partial charge in [-0.25, -0.2) is 4.98 Å². The summed E-state index contributed by atoms with van der Waals surface area (Å²) in [6.45, 7) is 2.69. The number of hydrogen-bond donors (Lipinski definition) is 0. The number of ether oxygens (including phenoxy) is 1. The Bertz CT molecular complexity index is 349. The minimum absolute atomic E-state index is 0.131. The molecule has 0 amide bonds. The first-order valence-electron chi connectivity index (χ1n) is 4.22. The van der Waals surface area contributed by atoms with Crippen molar-refractivity contribution in [3.8, 4) is 0 Å². The van der Waals surface area contributed by atoms with E-state index in [1.54, 1.807) is 6.07 Å². The van der Waals surface area contributed by atoms with Crippen LogP contribution < -0.4 is 0 Å². The lowest BCUT2D eigenvalue weighted by molar-refractivity contribution is 0.146. The highest BCUT2D eigenvalue weighted by Crippen LogP contribution is 2.24. The Hall–Kier alpha value is -0.860. The molecular weight excluding hydrogens is 186 g/mol. The van der Waals surface area contributed by atoms with Crippen LogP contribution in [0.15, 0.2) is 24.3 Å². The van der Waals surface area contributed by atoms with Crippen molar-refractivity contribution in [2.45, 2.75) is 13.0 Å². The molecule has 1 aromatic heterocycles. The molecule has 1 atom stereocenters. The van der Waals surface area contributed by atoms with Gasteiger partial charge in [0, 0.05) is 5.57 Å². The average Bonchev–Trinajstić information content (AvgIpc) is 2.51. The van der Waals surface area contributed by atoms with E-state index in [1.165, 1.54) is 0 Å². The van der Waals surface area contributed by atoms with E-state index in [1.807, 2.05) is 25.1 Å². The molecule has 68 valence electrons. The van der Waals surface area contributed by atoms with Gasteiger partial charge in [-0.1, -0.05) is 23.7 Å². The Kier molecular flexibility index (Phi) is 2.34. The zero-order chi connectivity index (χ0) is 9.26. The van der Waals surface area contributed by atoms with Gasteiger partial charge in [0.15, 0.2) is 0 Å². The third-order valence-corrected chi connectivity index (χ3v) is 2.31. The Morgan fingerprint density at radius 1 is 1.54 bits per heavy atom. The second-order valence-corrected chi connectivity index (χ2v) is 3.37. The number of hydrogen-bond acceptors (Lipinski definition) is 2. The molecule has 1 aliphatic heterocycles. The highest BCUT2D eigenvalue weighted by molar-refractivity contribution is 6.29. The van der Waals surface area contributed by atoms with Crippen LogP contribution in [-0.2, 0) is 4.74 Å². The first kappa shape index (κ1) is 8.73. The predicted molar refractivity (Wildman–Crippen MR) is 52.6 cm³/mol. The van der Waals surface area contributed by atoms with Crippen molar-refractivity contribution in [2.75, 3.05) is 6.61 Å². The summed E-state index contributed by atoms with van der Waals surface area (Å²) in [6, 6.07) is 5.62. The Morgan fingerprint density at radius 2 is 2.38 bits per heavy atom. The van der Waals surface area contributed by atoms with Crippen molar-refractivity contribution in [3.63, 3.8) is 0 Å². The molecule has 0 bridgehead atoms. The van der Waals surface area contributed by atoms with E-state index in [9.17, 15) is 0 Å². The topological polar surface area (TPSA) is 22.1 Å². The van der Waals surface area contributed by atoms with Gasteiger partial charge in [0.2, 0.25) is 0 Å². The molecule has 0 aromatic carbocycles. The van der Waals surface area contributed by atoms with Crippen molar-refractivity contribution in [2.24, 2.45) is 0 Å². The molecule has 2 nitrogen and oxygen atoms in total. The van der Waals surface area contributed by atoms with Gasteiger partial charge in [-0.3, -0.25) is 0 Å². The lowest BCUT2D eigenvalue weighted by Crippen LogP contribution is -2.04. The third-order valence-electron chi connectivity index (χ3n) is 2.10. The van der Waals surface area contributed by atoms with Crippen LogP contribution in [0.25, 0.3) is 5.57 Å². The van der Waals surface area contributed by atoms with Crippen molar-refractivity contribution < 1.29 is 4.74 Å². The quantitative estimate of drug-likeness (QED) is 0.643. The van der Waals surface area contributed by atoms with E-state index < -0.39 is 0 Å². The van der Waals surface area contributed by atoms with Crippen molar-refractivity contribution >= 4 is 17.2 Å². The van der Waals surface area contributed by atoms with E-state index in [-0.39, 0.29) is 6.10 Å². The Labute approximate surface area is 82.2 Å². The molecule has 1 aliphatic rings. The van der Waals surface area contributed by atoms with Crippen LogP contribution in [0.3, 0.4) is 0 Å². The lowest BCUT2D eigenvalue weighted by Gasteiger charge is -2.07. The molecule has 13 heavy (non-hydrogen) atoms. The molecule has 1 unspecified atom stereocenters. The van der Waals surface area contributed by atoms with Crippen molar-refractivity contribution in [1.82, 2.24) is 4.98 Å². The van der Waals surface area contributed by atoms with Gasteiger partial charge in [-0.15, -0.1) is 0 Å². The number of rotatable bonds is 1. The summed E-state index contributed by atoms with van der Waals surface area (Å²) in [5.74, 6) is 0. The van der Waals surface area contributed by atoms with Crippen LogP contribution in [0.2, 0.25) is 5.15 Å². The van der Waals surface area contributed by atoms with Gasteiger partial charge < -0.3 is 4.74 Å². The van der Waals surface area contributed by atoms with E-state index >= 15 is 0 Å². The Morgan fingerprint density at radius 3 is 3.00 bits per heavy atom. The van der Waals surface area contributed by atoms with E-state index in [0.29, 0.717) is 11.8 Å². The molecule has 0 spiro atoms. The molecule has 2 heterocycles. The predicted octanol–water partition coefficient (Wildman–Crippen LogP) is 2.54. The van der Waals surface area contributed by atoms with E-state index in [4.69, 9.17) is 16.3 Å². The fourth-order valence-corrected chi connectivity index (χ4v) is 1.58. The maximum Gasteiger partial charge on any atom is 0.129 e. The minimum Gasteiger partial charge on any atom is -0.370 e. The van der Waals surface area contributed by atoms with Crippen molar-refractivity contribution in [3.05, 3.63) is 35.1 Å². The van der Waals surface area contributed by atoms with Crippen LogP contribution >= 0.6 is 11.6 Å². The molecular formula is C10H10ClNO. The number of pyridine rings is 1. The zero-order valence-electron chi connectivity index (χ0n) is 7.33. The summed E-state index contributed by atoms with van der Waals surface area (Å²) in [5.41, 5.74) is 2.04. The summed E-state index contributed by atoms with van der Waals surface area (Å²) in [6.07, 6.45) is 2.18. The van der Waals surface area contributed by atoms with Crippen molar-refractivity contribution in [1.29, 1.82) is 0 Å². The minimum atomic E-state index is 0.131. The molecule has 0 fully saturated rings. The van der Waals surface area contributed by atoms with Gasteiger partial charge in [0.25, 0.3) is 0 Å². The second kappa shape index (κ2) is 3.48. The van der Waals surface area contributed by atoms with Gasteiger partial charge in [-0.2, -0.15) is 0 Å². The number of aromatic nitrogens is 1. The fourth-order valence-electron chi connectivity index (χ4n) is 1.42. The smallest absolute Gasteiger partial charge is 0.129 e. The fraction of sp³-hybridized carbons (Fsp3) is 0.300. The average molecular weight is 196 g/mol. The molecule has 0 saturated heterocycles. The summed E-state index contributed by atoms with van der Waals surface area (Å²) in [4.78, 5) is 4.22. The third kappa shape index (κ3) is 1.74. The summed E-state index contributed by atoms with van der Waals surface area (Å²) < 4.78 is 5.38. The van der Waals surface area contributed by atoms with Gasteiger partial charge in [-0.05, 0) is 19.1 Å². The van der Waals surface area contributed by atoms with Crippen LogP contribution in [0.1, 0.15) is 12.6 Å². The van der Waals surface area contributed by atoms with Gasteiger partial charge >= 0.3 is 0 Å². The number of nitrogens with zero attached hydrogens (tertiary/aromatic N) is 1. The maximum absolute atomic E-state index is 5.79. The molecule has 0 N–H and O–H groups in total. The number of halogens is 1. The highest BCUT2D eigenvalue weighted by atomic mass is 35.5. The zero-order valence-corrected chi connectivity index (χ0v) is 8.08. The highest BCUT2D eigenvalue weighted by Gasteiger charge is 2.17. The normalized spacial score (nSPS) is 21.7. The Balaban J connectivity index is 2.35. The monoisotopic (exact) mass is 195 g/mol. The van der Waals surface area contributed by atoms with Crippen LogP contribution in [-0.4, -0.2) is 17.7 Å². The maximum atomic E-state index is 5.79. The second-order valence-electron chi connectivity index (χ2n) is 2.98. The van der Waals surface area contributed by atoms with Crippen LogP contribution in [0, 0.1) is 0 Å². The van der Waals surface area contributed by atoms with E-state index in [2.05, 4.69) is 4.98 Å². The summed E-state index contributed by atoms with van der Waals surface area (Å²) in [5, 5.41) is 0.525. The van der Waals surface area contributed by atoms with Gasteiger partial charge in [0.1, 0.15) is 5.15 Å². The first-order valence-corrected chi connectivity index (χ1v) is 4.60.